The molecule has 1 aromatic carbocycles. The summed E-state index contributed by atoms with van der Waals surface area (Å²) in [6.07, 6.45) is 0.531. The molecule has 20 heavy (non-hydrogen) atoms. The number of likely N-dealkylation sites (N-methyl/N-ethyl adjacent to an activating group) is 1. The lowest BCUT2D eigenvalue weighted by Gasteiger charge is -2.36. The summed E-state index contributed by atoms with van der Waals surface area (Å²) in [6.45, 7) is 3.46. The number of aliphatic carboxylic acids is 1. The second-order valence-corrected chi connectivity index (χ2v) is 5.25. The highest BCUT2D eigenvalue weighted by Crippen LogP contribution is 2.16. The Morgan fingerprint density at radius 3 is 2.35 bits per heavy atom. The molecule has 1 fully saturated rings. The van der Waals surface area contributed by atoms with Gasteiger partial charge < -0.3 is 14.7 Å². The minimum absolute atomic E-state index is 0.447. The van der Waals surface area contributed by atoms with Gasteiger partial charge >= 0.3 is 5.97 Å². The van der Waals surface area contributed by atoms with Crippen molar-refractivity contribution in [2.24, 2.45) is 0 Å². The number of nitrogens with zero attached hydrogens (tertiary/aromatic N) is 2. The third-order valence-electron chi connectivity index (χ3n) is 3.85. The fourth-order valence-electron chi connectivity index (χ4n) is 2.49. The molecule has 5 heteroatoms. The van der Waals surface area contributed by atoms with Crippen molar-refractivity contribution in [3.05, 3.63) is 29.8 Å². The molecule has 0 aromatic heterocycles. The Kier molecular flexibility index (Phi) is 4.98. The van der Waals surface area contributed by atoms with Gasteiger partial charge in [0.05, 0.1) is 7.11 Å². The van der Waals surface area contributed by atoms with Gasteiger partial charge in [0.25, 0.3) is 0 Å². The monoisotopic (exact) mass is 278 g/mol. The molecule has 0 spiro atoms. The number of benzene rings is 1. The van der Waals surface area contributed by atoms with Crippen molar-refractivity contribution in [2.75, 3.05) is 40.3 Å². The number of carboxylic acid groups (broad SMARTS) is 1. The van der Waals surface area contributed by atoms with Crippen molar-refractivity contribution in [1.82, 2.24) is 9.80 Å². The van der Waals surface area contributed by atoms with Crippen molar-refractivity contribution in [2.45, 2.75) is 12.5 Å². The van der Waals surface area contributed by atoms with E-state index in [1.54, 1.807) is 7.11 Å². The van der Waals surface area contributed by atoms with Gasteiger partial charge in [-0.2, -0.15) is 0 Å². The summed E-state index contributed by atoms with van der Waals surface area (Å²) in [5.41, 5.74) is 1.03. The van der Waals surface area contributed by atoms with Crippen LogP contribution in [0.25, 0.3) is 0 Å². The van der Waals surface area contributed by atoms with Gasteiger partial charge in [-0.05, 0) is 31.2 Å². The Morgan fingerprint density at radius 2 is 1.85 bits per heavy atom. The first-order chi connectivity index (χ1) is 9.60. The summed E-state index contributed by atoms with van der Waals surface area (Å²) >= 11 is 0. The number of rotatable bonds is 5. The van der Waals surface area contributed by atoms with Crippen molar-refractivity contribution in [3.8, 4) is 5.75 Å². The zero-order valence-corrected chi connectivity index (χ0v) is 12.1. The lowest BCUT2D eigenvalue weighted by Crippen LogP contribution is -2.52. The molecule has 1 N–H and O–H groups in total. The number of hydrogen-bond donors (Lipinski definition) is 1. The van der Waals surface area contributed by atoms with Crippen LogP contribution < -0.4 is 4.74 Å². The maximum atomic E-state index is 11.5. The minimum Gasteiger partial charge on any atom is -0.497 e. The van der Waals surface area contributed by atoms with Crippen LogP contribution in [0, 0.1) is 0 Å². The van der Waals surface area contributed by atoms with Gasteiger partial charge in [-0.1, -0.05) is 12.1 Å². The predicted molar refractivity (Wildman–Crippen MR) is 77.2 cm³/mol. The topological polar surface area (TPSA) is 53.0 Å². The zero-order chi connectivity index (χ0) is 14.5. The van der Waals surface area contributed by atoms with E-state index in [-0.39, 0.29) is 0 Å². The Hall–Kier alpha value is -1.59. The van der Waals surface area contributed by atoms with E-state index < -0.39 is 12.0 Å². The number of ether oxygens (including phenoxy) is 1. The molecule has 0 bridgehead atoms. The van der Waals surface area contributed by atoms with E-state index in [4.69, 9.17) is 4.74 Å². The van der Waals surface area contributed by atoms with Crippen molar-refractivity contribution < 1.29 is 14.6 Å². The minimum atomic E-state index is -0.745. The van der Waals surface area contributed by atoms with Crippen LogP contribution in [-0.2, 0) is 11.2 Å². The molecule has 0 saturated carbocycles. The number of methoxy groups -OCH3 is 1. The number of carboxylic acids is 1. The third-order valence-corrected chi connectivity index (χ3v) is 3.85. The number of piperazine rings is 1. The third kappa shape index (κ3) is 3.71. The van der Waals surface area contributed by atoms with Crippen LogP contribution in [0.2, 0.25) is 0 Å². The van der Waals surface area contributed by atoms with E-state index in [0.717, 1.165) is 37.5 Å². The van der Waals surface area contributed by atoms with Crippen LogP contribution in [0.15, 0.2) is 24.3 Å². The largest absolute Gasteiger partial charge is 0.497 e. The highest BCUT2D eigenvalue weighted by atomic mass is 16.5. The van der Waals surface area contributed by atoms with E-state index in [0.29, 0.717) is 6.42 Å². The van der Waals surface area contributed by atoms with Crippen LogP contribution in [0.1, 0.15) is 5.56 Å². The molecule has 1 aliphatic rings. The summed E-state index contributed by atoms with van der Waals surface area (Å²) in [4.78, 5) is 15.8. The molecule has 1 aliphatic heterocycles. The van der Waals surface area contributed by atoms with E-state index in [2.05, 4.69) is 16.8 Å². The highest BCUT2D eigenvalue weighted by Gasteiger charge is 2.28. The number of hydrogen-bond acceptors (Lipinski definition) is 4. The van der Waals surface area contributed by atoms with E-state index in [1.807, 2.05) is 24.3 Å². The van der Waals surface area contributed by atoms with Crippen LogP contribution in [0.3, 0.4) is 0 Å². The first-order valence-electron chi connectivity index (χ1n) is 6.88. The second kappa shape index (κ2) is 6.72. The molecule has 0 amide bonds. The van der Waals surface area contributed by atoms with Gasteiger partial charge in [-0.3, -0.25) is 9.69 Å². The normalized spacial score (nSPS) is 18.7. The molecule has 0 unspecified atom stereocenters. The smallest absolute Gasteiger partial charge is 0.321 e. The molecular formula is C15H22N2O3. The van der Waals surface area contributed by atoms with Gasteiger partial charge in [-0.15, -0.1) is 0 Å². The van der Waals surface area contributed by atoms with Crippen LogP contribution in [0.5, 0.6) is 5.75 Å². The second-order valence-electron chi connectivity index (χ2n) is 5.25. The van der Waals surface area contributed by atoms with Gasteiger partial charge in [0, 0.05) is 26.2 Å². The van der Waals surface area contributed by atoms with Crippen LogP contribution in [0.4, 0.5) is 0 Å². The zero-order valence-electron chi connectivity index (χ0n) is 12.1. The van der Waals surface area contributed by atoms with E-state index in [1.165, 1.54) is 0 Å². The molecule has 110 valence electrons. The summed E-state index contributed by atoms with van der Waals surface area (Å²) in [7, 11) is 3.69. The Balaban J connectivity index is 2.03. The van der Waals surface area contributed by atoms with Crippen LogP contribution >= 0.6 is 0 Å². The summed E-state index contributed by atoms with van der Waals surface area (Å²) in [5.74, 6) is 0.0468. The van der Waals surface area contributed by atoms with Gasteiger partial charge in [-0.25, -0.2) is 0 Å². The Bertz CT molecular complexity index is 439. The Labute approximate surface area is 119 Å². The fraction of sp³-hybridized carbons (Fsp3) is 0.533. The molecule has 1 heterocycles. The van der Waals surface area contributed by atoms with Crippen molar-refractivity contribution in [1.29, 1.82) is 0 Å². The van der Waals surface area contributed by atoms with Crippen molar-refractivity contribution in [3.63, 3.8) is 0 Å². The quantitative estimate of drug-likeness (QED) is 0.868. The molecule has 5 nitrogen and oxygen atoms in total. The molecule has 1 aromatic rings. The van der Waals surface area contributed by atoms with Gasteiger partial charge in [0.2, 0.25) is 0 Å². The lowest BCUT2D eigenvalue weighted by atomic mass is 10.0. The molecule has 1 saturated heterocycles. The molecular weight excluding hydrogens is 256 g/mol. The van der Waals surface area contributed by atoms with E-state index >= 15 is 0 Å². The molecule has 0 aliphatic carbocycles. The summed E-state index contributed by atoms with van der Waals surface area (Å²) in [5, 5.41) is 9.47. The summed E-state index contributed by atoms with van der Waals surface area (Å²) in [6, 6.07) is 7.17. The predicted octanol–water partition coefficient (Wildman–Crippen LogP) is 0.938. The van der Waals surface area contributed by atoms with Crippen molar-refractivity contribution >= 4 is 5.97 Å². The lowest BCUT2D eigenvalue weighted by molar-refractivity contribution is -0.144. The maximum absolute atomic E-state index is 11.5. The first kappa shape index (κ1) is 14.8. The average Bonchev–Trinajstić information content (AvgIpc) is 2.46. The van der Waals surface area contributed by atoms with Gasteiger partial charge in [0.1, 0.15) is 11.8 Å². The fourth-order valence-corrected chi connectivity index (χ4v) is 2.49. The van der Waals surface area contributed by atoms with Crippen LogP contribution in [-0.4, -0.2) is 67.3 Å². The standard InChI is InChI=1S/C15H22N2O3/c1-16-7-9-17(10-8-16)14(15(18)19)11-12-3-5-13(20-2)6-4-12/h3-6,14H,7-11H2,1-2H3,(H,18,19)/t14-/m0/s1. The molecule has 1 atom stereocenters. The first-order valence-corrected chi connectivity index (χ1v) is 6.88. The van der Waals surface area contributed by atoms with Gasteiger partial charge in [0.15, 0.2) is 0 Å². The summed E-state index contributed by atoms with van der Waals surface area (Å²) < 4.78 is 5.12. The number of carbonyl (C=O) groups is 1. The Morgan fingerprint density at radius 1 is 1.25 bits per heavy atom. The molecule has 0 radical (unpaired) electrons. The molecule has 2 rings (SSSR count). The average molecular weight is 278 g/mol. The maximum Gasteiger partial charge on any atom is 0.321 e. The van der Waals surface area contributed by atoms with E-state index in [9.17, 15) is 9.90 Å². The highest BCUT2D eigenvalue weighted by molar-refractivity contribution is 5.74. The SMILES string of the molecule is COc1ccc(C[C@@H](C(=O)O)N2CCN(C)CC2)cc1.